The van der Waals surface area contributed by atoms with Gasteiger partial charge in [-0.2, -0.15) is 0 Å². The van der Waals surface area contributed by atoms with E-state index in [1.807, 2.05) is 31.2 Å². The van der Waals surface area contributed by atoms with E-state index in [0.29, 0.717) is 12.2 Å². The van der Waals surface area contributed by atoms with E-state index in [1.165, 1.54) is 18.0 Å². The fourth-order valence-corrected chi connectivity index (χ4v) is 1.94. The van der Waals surface area contributed by atoms with Crippen molar-refractivity contribution in [1.29, 1.82) is 0 Å². The molecule has 23 heavy (non-hydrogen) atoms. The van der Waals surface area contributed by atoms with Gasteiger partial charge in [0.25, 0.3) is 5.89 Å². The summed E-state index contributed by atoms with van der Waals surface area (Å²) in [5, 5.41) is 10.5. The summed E-state index contributed by atoms with van der Waals surface area (Å²) in [6.45, 7) is 2.48. The lowest BCUT2D eigenvalue weighted by Gasteiger charge is -2.04. The Kier molecular flexibility index (Phi) is 4.37. The lowest BCUT2D eigenvalue weighted by Crippen LogP contribution is -2.24. The molecule has 0 saturated carbocycles. The van der Waals surface area contributed by atoms with Crippen molar-refractivity contribution in [3.63, 3.8) is 0 Å². The van der Waals surface area contributed by atoms with E-state index >= 15 is 0 Å². The topological polar surface area (TPSA) is 93.8 Å². The third-order valence-corrected chi connectivity index (χ3v) is 3.17. The molecular formula is C16H15N5O2. The minimum absolute atomic E-state index is 0.0269. The molecule has 0 radical (unpaired) electrons. The standard InChI is InChI=1S/C16H15N5O2/c1-11-2-4-12(5-3-11)9-19-14(22)8-15-20-21-16(23-15)13-10-17-6-7-18-13/h2-7,10H,8-9H2,1H3,(H,19,22). The monoisotopic (exact) mass is 309 g/mol. The largest absolute Gasteiger partial charge is 0.419 e. The fraction of sp³-hybridized carbons (Fsp3) is 0.188. The smallest absolute Gasteiger partial charge is 0.267 e. The van der Waals surface area contributed by atoms with Crippen LogP contribution in [0.4, 0.5) is 0 Å². The third kappa shape index (κ3) is 3.97. The average molecular weight is 309 g/mol. The molecule has 1 N–H and O–H groups in total. The van der Waals surface area contributed by atoms with Crippen LogP contribution in [-0.2, 0) is 17.8 Å². The predicted octanol–water partition coefficient (Wildman–Crippen LogP) is 1.69. The summed E-state index contributed by atoms with van der Waals surface area (Å²) in [4.78, 5) is 19.9. The van der Waals surface area contributed by atoms with Crippen molar-refractivity contribution in [2.24, 2.45) is 0 Å². The molecule has 3 rings (SSSR count). The summed E-state index contributed by atoms with van der Waals surface area (Å²) in [6.07, 6.45) is 4.64. The van der Waals surface area contributed by atoms with Crippen LogP contribution in [0.3, 0.4) is 0 Å². The van der Waals surface area contributed by atoms with Crippen LogP contribution in [0.2, 0.25) is 0 Å². The Labute approximate surface area is 132 Å². The highest BCUT2D eigenvalue weighted by Crippen LogP contribution is 2.13. The van der Waals surface area contributed by atoms with Gasteiger partial charge >= 0.3 is 0 Å². The van der Waals surface area contributed by atoms with Crippen molar-refractivity contribution < 1.29 is 9.21 Å². The lowest BCUT2D eigenvalue weighted by molar-refractivity contribution is -0.120. The second-order valence-corrected chi connectivity index (χ2v) is 5.03. The number of aryl methyl sites for hydroxylation is 1. The molecule has 0 aliphatic carbocycles. The Hall–Kier alpha value is -3.09. The van der Waals surface area contributed by atoms with Crippen LogP contribution in [0, 0.1) is 6.92 Å². The number of benzene rings is 1. The highest BCUT2D eigenvalue weighted by atomic mass is 16.4. The van der Waals surface area contributed by atoms with Gasteiger partial charge in [0.05, 0.1) is 6.20 Å². The van der Waals surface area contributed by atoms with Crippen molar-refractivity contribution >= 4 is 5.91 Å². The summed E-state index contributed by atoms with van der Waals surface area (Å²) in [7, 11) is 0. The summed E-state index contributed by atoms with van der Waals surface area (Å²) in [5.74, 6) is 0.311. The molecule has 2 heterocycles. The van der Waals surface area contributed by atoms with E-state index < -0.39 is 0 Å². The molecule has 0 aliphatic heterocycles. The normalized spacial score (nSPS) is 10.5. The molecule has 0 aliphatic rings. The van der Waals surface area contributed by atoms with Crippen LogP contribution in [0.1, 0.15) is 17.0 Å². The minimum atomic E-state index is -0.181. The molecule has 7 nitrogen and oxygen atoms in total. The molecule has 2 aromatic heterocycles. The Morgan fingerprint density at radius 3 is 2.74 bits per heavy atom. The number of carbonyl (C=O) groups excluding carboxylic acids is 1. The number of nitrogens with zero attached hydrogens (tertiary/aromatic N) is 4. The lowest BCUT2D eigenvalue weighted by atomic mass is 10.1. The molecule has 3 aromatic rings. The molecular weight excluding hydrogens is 294 g/mol. The minimum Gasteiger partial charge on any atom is -0.419 e. The highest BCUT2D eigenvalue weighted by molar-refractivity contribution is 5.77. The number of hydrogen-bond donors (Lipinski definition) is 1. The van der Waals surface area contributed by atoms with E-state index in [0.717, 1.165) is 5.56 Å². The van der Waals surface area contributed by atoms with E-state index in [4.69, 9.17) is 4.42 Å². The second kappa shape index (κ2) is 6.78. The number of amides is 1. The number of carbonyl (C=O) groups is 1. The number of rotatable bonds is 5. The Bertz CT molecular complexity index is 784. The summed E-state index contributed by atoms with van der Waals surface area (Å²) in [6, 6.07) is 7.97. The maximum Gasteiger partial charge on any atom is 0.267 e. The van der Waals surface area contributed by atoms with Crippen LogP contribution in [-0.4, -0.2) is 26.1 Å². The van der Waals surface area contributed by atoms with Gasteiger partial charge in [-0.1, -0.05) is 29.8 Å². The molecule has 1 amide bonds. The summed E-state index contributed by atoms with van der Waals surface area (Å²) >= 11 is 0. The van der Waals surface area contributed by atoms with Gasteiger partial charge in [-0.3, -0.25) is 9.78 Å². The van der Waals surface area contributed by atoms with E-state index in [2.05, 4.69) is 25.5 Å². The Morgan fingerprint density at radius 2 is 2.00 bits per heavy atom. The molecule has 7 heteroatoms. The van der Waals surface area contributed by atoms with Gasteiger partial charge in [0, 0.05) is 18.9 Å². The van der Waals surface area contributed by atoms with Crippen molar-refractivity contribution in [3.05, 3.63) is 59.9 Å². The molecule has 116 valence electrons. The van der Waals surface area contributed by atoms with Gasteiger partial charge in [0.1, 0.15) is 12.1 Å². The van der Waals surface area contributed by atoms with E-state index in [9.17, 15) is 4.79 Å². The first-order valence-corrected chi connectivity index (χ1v) is 7.12. The fourth-order valence-electron chi connectivity index (χ4n) is 1.94. The van der Waals surface area contributed by atoms with E-state index in [1.54, 1.807) is 6.20 Å². The third-order valence-electron chi connectivity index (χ3n) is 3.17. The first kappa shape index (κ1) is 14.8. The van der Waals surface area contributed by atoms with Gasteiger partial charge in [-0.05, 0) is 12.5 Å². The maximum absolute atomic E-state index is 11.9. The number of aromatic nitrogens is 4. The SMILES string of the molecule is Cc1ccc(CNC(=O)Cc2nnc(-c3cnccn3)o2)cc1. The highest BCUT2D eigenvalue weighted by Gasteiger charge is 2.13. The van der Waals surface area contributed by atoms with Crippen LogP contribution in [0.25, 0.3) is 11.6 Å². The number of nitrogens with one attached hydrogen (secondary N) is 1. The summed E-state index contributed by atoms with van der Waals surface area (Å²) in [5.41, 5.74) is 2.70. The zero-order valence-electron chi connectivity index (χ0n) is 12.6. The predicted molar refractivity (Wildman–Crippen MR) is 82.1 cm³/mol. The quantitative estimate of drug-likeness (QED) is 0.771. The van der Waals surface area contributed by atoms with Gasteiger partial charge in [0.2, 0.25) is 11.8 Å². The van der Waals surface area contributed by atoms with Crippen LogP contribution in [0.15, 0.2) is 47.3 Å². The van der Waals surface area contributed by atoms with Crippen LogP contribution < -0.4 is 5.32 Å². The average Bonchev–Trinajstić information content (AvgIpc) is 3.04. The summed E-state index contributed by atoms with van der Waals surface area (Å²) < 4.78 is 5.42. The van der Waals surface area contributed by atoms with Gasteiger partial charge in [0.15, 0.2) is 0 Å². The first-order chi connectivity index (χ1) is 11.2. The van der Waals surface area contributed by atoms with E-state index in [-0.39, 0.29) is 24.1 Å². The Balaban J connectivity index is 1.56. The zero-order valence-corrected chi connectivity index (χ0v) is 12.6. The van der Waals surface area contributed by atoms with Crippen molar-refractivity contribution in [2.45, 2.75) is 19.9 Å². The van der Waals surface area contributed by atoms with Crippen LogP contribution in [0.5, 0.6) is 0 Å². The molecule has 1 aromatic carbocycles. The molecule has 0 unspecified atom stereocenters. The molecule has 0 bridgehead atoms. The first-order valence-electron chi connectivity index (χ1n) is 7.12. The van der Waals surface area contributed by atoms with Crippen LogP contribution >= 0.6 is 0 Å². The second-order valence-electron chi connectivity index (χ2n) is 5.03. The maximum atomic E-state index is 11.9. The molecule has 0 spiro atoms. The van der Waals surface area contributed by atoms with Crippen molar-refractivity contribution in [1.82, 2.24) is 25.5 Å². The van der Waals surface area contributed by atoms with Gasteiger partial charge in [-0.25, -0.2) is 4.98 Å². The van der Waals surface area contributed by atoms with Gasteiger partial charge < -0.3 is 9.73 Å². The Morgan fingerprint density at radius 1 is 1.17 bits per heavy atom. The zero-order chi connectivity index (χ0) is 16.1. The molecule has 0 saturated heterocycles. The molecule has 0 fully saturated rings. The van der Waals surface area contributed by atoms with Gasteiger partial charge in [-0.15, -0.1) is 10.2 Å². The van der Waals surface area contributed by atoms with Crippen molar-refractivity contribution in [2.75, 3.05) is 0 Å². The van der Waals surface area contributed by atoms with Crippen molar-refractivity contribution in [3.8, 4) is 11.6 Å². The molecule has 0 atom stereocenters. The number of hydrogen-bond acceptors (Lipinski definition) is 6.